The van der Waals surface area contributed by atoms with Crippen LogP contribution < -0.4 is 5.32 Å². The van der Waals surface area contributed by atoms with Gasteiger partial charge in [0, 0.05) is 32.6 Å². The summed E-state index contributed by atoms with van der Waals surface area (Å²) >= 11 is 1.66. The fourth-order valence-corrected chi connectivity index (χ4v) is 7.80. The zero-order valence-electron chi connectivity index (χ0n) is 26.1. The number of piperazine rings is 1. The van der Waals surface area contributed by atoms with E-state index >= 15 is 0 Å². The third-order valence-electron chi connectivity index (χ3n) is 9.28. The Bertz CT molecular complexity index is 1560. The first-order valence-corrected chi connectivity index (χ1v) is 17.0. The molecule has 47 heavy (non-hydrogen) atoms. The van der Waals surface area contributed by atoms with Crippen molar-refractivity contribution in [2.75, 3.05) is 52.6 Å². The fourth-order valence-electron chi connectivity index (χ4n) is 6.88. The maximum Gasteiger partial charge on any atom is 0.334 e. The molecule has 4 heterocycles. The second-order valence-corrected chi connectivity index (χ2v) is 13.4. The van der Waals surface area contributed by atoms with Gasteiger partial charge in [-0.05, 0) is 28.8 Å². The van der Waals surface area contributed by atoms with Gasteiger partial charge in [-0.3, -0.25) is 19.5 Å². The van der Waals surface area contributed by atoms with Crippen LogP contribution in [0.3, 0.4) is 0 Å². The van der Waals surface area contributed by atoms with E-state index in [0.29, 0.717) is 46.1 Å². The molecule has 246 valence electrons. The lowest BCUT2D eigenvalue weighted by atomic mass is 9.95. The average molecular weight is 658 g/mol. The quantitative estimate of drug-likeness (QED) is 0.443. The van der Waals surface area contributed by atoms with Crippen LogP contribution in [0.15, 0.2) is 83.4 Å². The number of urea groups is 1. The molecule has 0 radical (unpaired) electrons. The lowest BCUT2D eigenvalue weighted by Crippen LogP contribution is -2.76. The summed E-state index contributed by atoms with van der Waals surface area (Å²) in [5.74, 6) is -0.259. The Morgan fingerprint density at radius 1 is 1.02 bits per heavy atom. The summed E-state index contributed by atoms with van der Waals surface area (Å²) in [6.07, 6.45) is 5.69. The summed E-state index contributed by atoms with van der Waals surface area (Å²) in [5, 5.41) is 16.6. The van der Waals surface area contributed by atoms with E-state index in [1.807, 2.05) is 48.0 Å². The van der Waals surface area contributed by atoms with Crippen LogP contribution in [0.25, 0.3) is 0 Å². The fraction of sp³-hybridized carbons (Fsp3) is 0.412. The molecule has 4 amide bonds. The second kappa shape index (κ2) is 13.9. The highest BCUT2D eigenvalue weighted by Crippen LogP contribution is 2.34. The second-order valence-electron chi connectivity index (χ2n) is 12.3. The van der Waals surface area contributed by atoms with Crippen LogP contribution in [-0.2, 0) is 27.3 Å². The Morgan fingerprint density at radius 2 is 1.81 bits per heavy atom. The van der Waals surface area contributed by atoms with Gasteiger partial charge in [0.2, 0.25) is 11.8 Å². The molecule has 2 aromatic carbocycles. The molecule has 2 N–H and O–H groups in total. The van der Waals surface area contributed by atoms with E-state index in [0.717, 1.165) is 16.7 Å². The zero-order chi connectivity index (χ0) is 32.3. The molecule has 4 atom stereocenters. The lowest BCUT2D eigenvalue weighted by molar-refractivity contribution is -0.191. The SMILES string of the molecule is O=C1C(Cc2ccc(O)cc2)N2C(=O)CN(Cc3ccccc3)N(C(=O)NCN3CCOCC3)C2CN1CC1=CC=CC2SC=NC12. The van der Waals surface area contributed by atoms with E-state index in [1.165, 1.54) is 0 Å². The number of hydrogen-bond acceptors (Lipinski definition) is 9. The van der Waals surface area contributed by atoms with Crippen molar-refractivity contribution >= 4 is 35.2 Å². The van der Waals surface area contributed by atoms with Gasteiger partial charge in [0.1, 0.15) is 18.0 Å². The molecule has 0 saturated carbocycles. The Kier molecular flexibility index (Phi) is 9.30. The number of rotatable bonds is 8. The van der Waals surface area contributed by atoms with Crippen molar-refractivity contribution in [1.29, 1.82) is 0 Å². The number of phenols is 1. The molecular weight excluding hydrogens is 618 g/mol. The molecule has 0 spiro atoms. The number of carbonyl (C=O) groups is 3. The number of aromatic hydroxyl groups is 1. The molecule has 4 unspecified atom stereocenters. The maximum absolute atomic E-state index is 14.4. The number of phenolic OH excluding ortho intramolecular Hbond substituents is 1. The van der Waals surface area contributed by atoms with Crippen molar-refractivity contribution in [3.05, 3.63) is 89.5 Å². The normalized spacial score (nSPS) is 26.3. The molecule has 7 rings (SSSR count). The number of nitrogens with zero attached hydrogens (tertiary/aromatic N) is 6. The van der Waals surface area contributed by atoms with Crippen LogP contribution in [0.2, 0.25) is 0 Å². The molecule has 2 aromatic rings. The van der Waals surface area contributed by atoms with Gasteiger partial charge in [0.05, 0.1) is 49.8 Å². The first-order chi connectivity index (χ1) is 22.9. The van der Waals surface area contributed by atoms with Gasteiger partial charge in [0.15, 0.2) is 0 Å². The number of benzene rings is 2. The first kappa shape index (κ1) is 31.4. The summed E-state index contributed by atoms with van der Waals surface area (Å²) < 4.78 is 5.48. The molecule has 12 nitrogen and oxygen atoms in total. The molecule has 4 aliphatic heterocycles. The molecular formula is C34H39N7O5S. The molecule has 3 saturated heterocycles. The summed E-state index contributed by atoms with van der Waals surface area (Å²) in [4.78, 5) is 52.9. The van der Waals surface area contributed by atoms with E-state index in [9.17, 15) is 19.5 Å². The van der Waals surface area contributed by atoms with Crippen molar-refractivity contribution in [2.24, 2.45) is 4.99 Å². The van der Waals surface area contributed by atoms with Crippen molar-refractivity contribution in [3.8, 4) is 5.75 Å². The standard InChI is InChI=1S/C34H39N7O5S/c42-27-11-9-24(10-12-27)17-28-33(44)38(19-26-7-4-8-29-32(26)36-23-47-29)20-30-40(28)31(43)21-39(18-25-5-2-1-3-6-25)41(30)34(45)35-22-37-13-15-46-16-14-37/h1-12,23,28-30,32,42H,13-22H2,(H,35,45). The van der Waals surface area contributed by atoms with Crippen LogP contribution in [0.4, 0.5) is 4.79 Å². The number of nitrogens with one attached hydrogen (secondary N) is 1. The van der Waals surface area contributed by atoms with Gasteiger partial charge in [-0.15, -0.1) is 11.8 Å². The number of hydrogen-bond donors (Lipinski definition) is 2. The van der Waals surface area contributed by atoms with E-state index in [1.54, 1.807) is 55.8 Å². The Labute approximate surface area is 278 Å². The highest BCUT2D eigenvalue weighted by Gasteiger charge is 2.51. The minimum absolute atomic E-state index is 0.0538. The van der Waals surface area contributed by atoms with Gasteiger partial charge < -0.3 is 25.0 Å². The topological polar surface area (TPSA) is 121 Å². The van der Waals surface area contributed by atoms with Crippen LogP contribution in [0, 0.1) is 0 Å². The number of amides is 4. The number of fused-ring (bicyclic) bond motifs is 2. The van der Waals surface area contributed by atoms with Gasteiger partial charge in [-0.25, -0.2) is 14.8 Å². The summed E-state index contributed by atoms with van der Waals surface area (Å²) in [6, 6.07) is 15.2. The van der Waals surface area contributed by atoms with Crippen LogP contribution >= 0.6 is 11.8 Å². The number of aliphatic imine (C=N–C) groups is 1. The van der Waals surface area contributed by atoms with Crippen molar-refractivity contribution in [2.45, 2.75) is 36.5 Å². The highest BCUT2D eigenvalue weighted by molar-refractivity contribution is 8.13. The molecule has 0 aromatic heterocycles. The van der Waals surface area contributed by atoms with E-state index in [-0.39, 0.29) is 54.4 Å². The predicted molar refractivity (Wildman–Crippen MR) is 178 cm³/mol. The van der Waals surface area contributed by atoms with Gasteiger partial charge >= 0.3 is 6.03 Å². The van der Waals surface area contributed by atoms with Crippen LogP contribution in [-0.4, -0.2) is 129 Å². The predicted octanol–water partition coefficient (Wildman–Crippen LogP) is 2.04. The minimum atomic E-state index is -0.837. The minimum Gasteiger partial charge on any atom is -0.508 e. The Balaban J connectivity index is 1.22. The monoisotopic (exact) mass is 657 g/mol. The van der Waals surface area contributed by atoms with E-state index < -0.39 is 12.2 Å². The van der Waals surface area contributed by atoms with Crippen molar-refractivity contribution in [1.82, 2.24) is 30.0 Å². The Morgan fingerprint density at radius 3 is 2.60 bits per heavy atom. The van der Waals surface area contributed by atoms with E-state index in [4.69, 9.17) is 4.74 Å². The van der Waals surface area contributed by atoms with Gasteiger partial charge in [-0.1, -0.05) is 60.7 Å². The lowest BCUT2D eigenvalue weighted by Gasteiger charge is -2.55. The van der Waals surface area contributed by atoms with Gasteiger partial charge in [-0.2, -0.15) is 0 Å². The highest BCUT2D eigenvalue weighted by atomic mass is 32.2. The number of thioether (sulfide) groups is 1. The summed E-state index contributed by atoms with van der Waals surface area (Å²) in [5.41, 5.74) is 4.66. The first-order valence-electron chi connectivity index (χ1n) is 16.0. The number of hydrazine groups is 1. The number of allylic oxidation sites excluding steroid dienone is 2. The number of carbonyl (C=O) groups excluding carboxylic acids is 3. The molecule has 5 aliphatic rings. The third-order valence-corrected chi connectivity index (χ3v) is 10.3. The van der Waals surface area contributed by atoms with E-state index in [2.05, 4.69) is 21.3 Å². The molecule has 1 aliphatic carbocycles. The number of ether oxygens (including phenoxy) is 1. The number of morpholine rings is 1. The smallest absolute Gasteiger partial charge is 0.334 e. The summed E-state index contributed by atoms with van der Waals surface area (Å²) in [6.45, 7) is 3.78. The van der Waals surface area contributed by atoms with Gasteiger partial charge in [0.25, 0.3) is 0 Å². The third kappa shape index (κ3) is 6.79. The maximum atomic E-state index is 14.4. The Hall–Kier alpha value is -4.17. The summed E-state index contributed by atoms with van der Waals surface area (Å²) in [7, 11) is 0. The van der Waals surface area contributed by atoms with Crippen LogP contribution in [0.1, 0.15) is 11.1 Å². The zero-order valence-corrected chi connectivity index (χ0v) is 26.9. The largest absolute Gasteiger partial charge is 0.508 e. The van der Waals surface area contributed by atoms with Crippen LogP contribution in [0.5, 0.6) is 5.75 Å². The molecule has 3 fully saturated rings. The molecule has 0 bridgehead atoms. The average Bonchev–Trinajstić information content (AvgIpc) is 3.58. The molecule has 13 heteroatoms. The van der Waals surface area contributed by atoms with Crippen molar-refractivity contribution in [3.63, 3.8) is 0 Å². The van der Waals surface area contributed by atoms with Crippen molar-refractivity contribution < 1.29 is 24.2 Å².